The Kier molecular flexibility index (Phi) is 3.50. The molecule has 0 N–H and O–H groups in total. The molecule has 0 aromatic heterocycles. The van der Waals surface area contributed by atoms with E-state index in [1.807, 2.05) is 6.92 Å². The van der Waals surface area contributed by atoms with E-state index in [2.05, 4.69) is 20.1 Å². The van der Waals surface area contributed by atoms with E-state index in [0.29, 0.717) is 5.57 Å². The quantitative estimate of drug-likeness (QED) is 0.447. The molecule has 0 unspecified atom stereocenters. The van der Waals surface area contributed by atoms with Gasteiger partial charge in [-0.2, -0.15) is 0 Å². The number of fused-ring (bicyclic) bond motifs is 3. The van der Waals surface area contributed by atoms with Crippen LogP contribution in [-0.2, 0) is 19.1 Å². The summed E-state index contributed by atoms with van der Waals surface area (Å²) < 4.78 is 11.3. The standard InChI is InChI=1S/C18H22O4/c1-5-14(19)22-18(4)9-8-12-10(2)6-7-13-11(3)17(20)21-16(13)15(12)18/h5,13,15-16H,1,3,6-9H2,2,4H3/t13-,15-,16-,18+/m0/s1. The summed E-state index contributed by atoms with van der Waals surface area (Å²) in [4.78, 5) is 23.7. The van der Waals surface area contributed by atoms with Crippen molar-refractivity contribution in [1.82, 2.24) is 0 Å². The molecule has 1 saturated heterocycles. The average Bonchev–Trinajstić information content (AvgIpc) is 2.89. The van der Waals surface area contributed by atoms with E-state index in [-0.39, 0.29) is 23.9 Å². The van der Waals surface area contributed by atoms with Crippen molar-refractivity contribution >= 4 is 11.9 Å². The summed E-state index contributed by atoms with van der Waals surface area (Å²) in [6.45, 7) is 11.5. The number of allylic oxidation sites excluding steroid dienone is 1. The van der Waals surface area contributed by atoms with Crippen LogP contribution in [0.4, 0.5) is 0 Å². The first-order chi connectivity index (χ1) is 10.4. The summed E-state index contributed by atoms with van der Waals surface area (Å²) in [5, 5.41) is 0. The maximum atomic E-state index is 12.0. The Morgan fingerprint density at radius 3 is 2.86 bits per heavy atom. The van der Waals surface area contributed by atoms with Crippen molar-refractivity contribution in [2.24, 2.45) is 11.8 Å². The van der Waals surface area contributed by atoms with Crippen LogP contribution in [0, 0.1) is 11.8 Å². The van der Waals surface area contributed by atoms with Crippen LogP contribution >= 0.6 is 0 Å². The van der Waals surface area contributed by atoms with Crippen LogP contribution in [0.25, 0.3) is 0 Å². The first-order valence-electron chi connectivity index (χ1n) is 7.81. The summed E-state index contributed by atoms with van der Waals surface area (Å²) in [5.74, 6) is -0.791. The maximum absolute atomic E-state index is 12.0. The van der Waals surface area contributed by atoms with Gasteiger partial charge in [0.05, 0.1) is 5.92 Å². The first kappa shape index (κ1) is 15.1. The highest BCUT2D eigenvalue weighted by molar-refractivity contribution is 5.91. The van der Waals surface area contributed by atoms with Crippen molar-refractivity contribution in [3.05, 3.63) is 36.0 Å². The minimum absolute atomic E-state index is 0.0183. The Balaban J connectivity index is 2.02. The molecule has 2 fully saturated rings. The fourth-order valence-electron chi connectivity index (χ4n) is 4.28. The third-order valence-corrected chi connectivity index (χ3v) is 5.48. The van der Waals surface area contributed by atoms with Crippen LogP contribution in [0.5, 0.6) is 0 Å². The molecule has 0 aromatic rings. The summed E-state index contributed by atoms with van der Waals surface area (Å²) in [7, 11) is 0. The van der Waals surface area contributed by atoms with Crippen molar-refractivity contribution in [1.29, 1.82) is 0 Å². The summed E-state index contributed by atoms with van der Waals surface area (Å²) in [6, 6.07) is 0. The van der Waals surface area contributed by atoms with Crippen molar-refractivity contribution in [3.63, 3.8) is 0 Å². The van der Waals surface area contributed by atoms with Gasteiger partial charge in [-0.25, -0.2) is 9.59 Å². The minimum atomic E-state index is -0.653. The molecule has 1 saturated carbocycles. The SMILES string of the molecule is C=CC(=O)O[C@]1(C)CCC2=C(C)CC[C@H]3C(=C)C(=O)O[C@@H]3[C@H]21. The van der Waals surface area contributed by atoms with E-state index in [9.17, 15) is 9.59 Å². The van der Waals surface area contributed by atoms with Crippen LogP contribution < -0.4 is 0 Å². The highest BCUT2D eigenvalue weighted by atomic mass is 16.6. The van der Waals surface area contributed by atoms with Crippen LogP contribution in [0.2, 0.25) is 0 Å². The van der Waals surface area contributed by atoms with Gasteiger partial charge in [-0.05, 0) is 39.5 Å². The molecule has 4 atom stereocenters. The third kappa shape index (κ3) is 2.13. The predicted octanol–water partition coefficient (Wildman–Crippen LogP) is 3.09. The Morgan fingerprint density at radius 2 is 2.18 bits per heavy atom. The van der Waals surface area contributed by atoms with E-state index < -0.39 is 11.6 Å². The van der Waals surface area contributed by atoms with Gasteiger partial charge in [0, 0.05) is 17.6 Å². The number of rotatable bonds is 2. The molecule has 118 valence electrons. The lowest BCUT2D eigenvalue weighted by atomic mass is 9.79. The van der Waals surface area contributed by atoms with Gasteiger partial charge in [-0.1, -0.05) is 24.3 Å². The van der Waals surface area contributed by atoms with E-state index in [4.69, 9.17) is 9.47 Å². The molecule has 0 aromatic carbocycles. The van der Waals surface area contributed by atoms with Crippen LogP contribution in [-0.4, -0.2) is 23.6 Å². The highest BCUT2D eigenvalue weighted by Crippen LogP contribution is 2.53. The Bertz CT molecular complexity index is 600. The summed E-state index contributed by atoms with van der Waals surface area (Å²) in [6.07, 6.45) is 4.36. The lowest BCUT2D eigenvalue weighted by Crippen LogP contribution is -2.43. The molecule has 2 aliphatic carbocycles. The zero-order chi connectivity index (χ0) is 16.1. The van der Waals surface area contributed by atoms with Crippen LogP contribution in [0.3, 0.4) is 0 Å². The zero-order valence-electron chi connectivity index (χ0n) is 13.2. The lowest BCUT2D eigenvalue weighted by molar-refractivity contribution is -0.161. The van der Waals surface area contributed by atoms with Crippen LogP contribution in [0.1, 0.15) is 39.5 Å². The predicted molar refractivity (Wildman–Crippen MR) is 81.9 cm³/mol. The fourth-order valence-corrected chi connectivity index (χ4v) is 4.28. The molecule has 4 nitrogen and oxygen atoms in total. The monoisotopic (exact) mass is 302 g/mol. The number of hydrogen-bond acceptors (Lipinski definition) is 4. The minimum Gasteiger partial charge on any atom is -0.458 e. The Morgan fingerprint density at radius 1 is 1.45 bits per heavy atom. The van der Waals surface area contributed by atoms with Crippen molar-refractivity contribution < 1.29 is 19.1 Å². The molecular weight excluding hydrogens is 280 g/mol. The average molecular weight is 302 g/mol. The van der Waals surface area contributed by atoms with Gasteiger partial charge in [0.1, 0.15) is 11.7 Å². The molecule has 4 heteroatoms. The number of carbonyl (C=O) groups is 2. The van der Waals surface area contributed by atoms with Crippen molar-refractivity contribution in [3.8, 4) is 0 Å². The molecule has 3 aliphatic rings. The molecular formula is C18H22O4. The topological polar surface area (TPSA) is 52.6 Å². The van der Waals surface area contributed by atoms with E-state index >= 15 is 0 Å². The van der Waals surface area contributed by atoms with E-state index in [0.717, 1.165) is 25.7 Å². The molecule has 0 radical (unpaired) electrons. The second kappa shape index (κ2) is 5.11. The van der Waals surface area contributed by atoms with Crippen molar-refractivity contribution in [2.75, 3.05) is 0 Å². The Hall–Kier alpha value is -1.84. The molecule has 1 aliphatic heterocycles. The molecule has 0 amide bonds. The van der Waals surface area contributed by atoms with Crippen LogP contribution in [0.15, 0.2) is 36.0 Å². The molecule has 3 rings (SSSR count). The van der Waals surface area contributed by atoms with Gasteiger partial charge in [-0.15, -0.1) is 0 Å². The first-order valence-corrected chi connectivity index (χ1v) is 7.81. The number of ether oxygens (including phenoxy) is 2. The van der Waals surface area contributed by atoms with E-state index in [1.165, 1.54) is 17.2 Å². The van der Waals surface area contributed by atoms with Gasteiger partial charge in [-0.3, -0.25) is 0 Å². The number of esters is 2. The fraction of sp³-hybridized carbons (Fsp3) is 0.556. The van der Waals surface area contributed by atoms with E-state index in [1.54, 1.807) is 0 Å². The van der Waals surface area contributed by atoms with Gasteiger partial charge in [0.25, 0.3) is 0 Å². The second-order valence-electron chi connectivity index (χ2n) is 6.76. The molecule has 22 heavy (non-hydrogen) atoms. The summed E-state index contributed by atoms with van der Waals surface area (Å²) >= 11 is 0. The summed E-state index contributed by atoms with van der Waals surface area (Å²) in [5.41, 5.74) is 2.53. The Labute approximate surface area is 130 Å². The second-order valence-corrected chi connectivity index (χ2v) is 6.76. The molecule has 0 bridgehead atoms. The number of hydrogen-bond donors (Lipinski definition) is 0. The highest BCUT2D eigenvalue weighted by Gasteiger charge is 2.56. The largest absolute Gasteiger partial charge is 0.458 e. The normalized spacial score (nSPS) is 37.3. The van der Waals surface area contributed by atoms with Gasteiger partial charge in [0.15, 0.2) is 0 Å². The lowest BCUT2D eigenvalue weighted by Gasteiger charge is -2.35. The van der Waals surface area contributed by atoms with Crippen molar-refractivity contribution in [2.45, 2.75) is 51.2 Å². The van der Waals surface area contributed by atoms with Gasteiger partial charge in [0.2, 0.25) is 0 Å². The van der Waals surface area contributed by atoms with Gasteiger partial charge < -0.3 is 9.47 Å². The maximum Gasteiger partial charge on any atom is 0.334 e. The number of carbonyl (C=O) groups excluding carboxylic acids is 2. The molecule has 0 spiro atoms. The smallest absolute Gasteiger partial charge is 0.334 e. The zero-order valence-corrected chi connectivity index (χ0v) is 13.2. The van der Waals surface area contributed by atoms with Gasteiger partial charge >= 0.3 is 11.9 Å². The third-order valence-electron chi connectivity index (χ3n) is 5.48. The molecule has 1 heterocycles.